The molecule has 0 radical (unpaired) electrons. The number of carbonyl (C=O) groups is 1. The third-order valence-corrected chi connectivity index (χ3v) is 9.62. The second-order valence-corrected chi connectivity index (χ2v) is 12.1. The van der Waals surface area contributed by atoms with E-state index in [1.54, 1.807) is 32.0 Å². The Balaban J connectivity index is 1.07. The number of rotatable bonds is 7. The SMILES string of the molecule is CCOc1ccc(C2=CCC(C3CCC(C(=O)OC4CCC(c5ccc(C)c(F)c5F)CC4)CC3)CC2)c(F)c1F. The van der Waals surface area contributed by atoms with Gasteiger partial charge in [-0.3, -0.25) is 4.79 Å². The van der Waals surface area contributed by atoms with Crippen molar-refractivity contribution in [3.63, 3.8) is 0 Å². The van der Waals surface area contributed by atoms with Gasteiger partial charge in [0, 0.05) is 5.56 Å². The Bertz CT molecular complexity index is 1270. The largest absolute Gasteiger partial charge is 0.491 e. The van der Waals surface area contributed by atoms with Crippen LogP contribution in [0.5, 0.6) is 5.75 Å². The molecule has 222 valence electrons. The third kappa shape index (κ3) is 6.49. The molecule has 2 aromatic rings. The van der Waals surface area contributed by atoms with Gasteiger partial charge in [-0.05, 0) is 131 Å². The molecule has 0 saturated heterocycles. The molecule has 7 heteroatoms. The summed E-state index contributed by atoms with van der Waals surface area (Å²) in [7, 11) is 0. The Morgan fingerprint density at radius 1 is 0.805 bits per heavy atom. The summed E-state index contributed by atoms with van der Waals surface area (Å²) in [5, 5.41) is 0. The third-order valence-electron chi connectivity index (χ3n) is 9.62. The van der Waals surface area contributed by atoms with E-state index in [0.717, 1.165) is 44.1 Å². The zero-order valence-electron chi connectivity index (χ0n) is 24.0. The Hall–Kier alpha value is -2.83. The van der Waals surface area contributed by atoms with Crippen LogP contribution in [0.2, 0.25) is 0 Å². The van der Waals surface area contributed by atoms with Crippen LogP contribution in [0, 0.1) is 47.9 Å². The molecule has 3 nitrogen and oxygen atoms in total. The fourth-order valence-electron chi connectivity index (χ4n) is 7.13. The van der Waals surface area contributed by atoms with E-state index in [9.17, 15) is 22.4 Å². The molecular formula is C34H40F4O3. The number of aryl methyl sites for hydroxylation is 1. The lowest BCUT2D eigenvalue weighted by atomic mass is 9.71. The summed E-state index contributed by atoms with van der Waals surface area (Å²) in [6.45, 7) is 3.57. The monoisotopic (exact) mass is 572 g/mol. The topological polar surface area (TPSA) is 35.5 Å². The minimum atomic E-state index is -0.929. The van der Waals surface area contributed by atoms with Gasteiger partial charge < -0.3 is 9.47 Å². The van der Waals surface area contributed by atoms with Gasteiger partial charge in [0.05, 0.1) is 12.5 Å². The number of hydrogen-bond donors (Lipinski definition) is 0. The van der Waals surface area contributed by atoms with Crippen LogP contribution in [0.1, 0.15) is 100 Å². The molecule has 3 aliphatic carbocycles. The summed E-state index contributed by atoms with van der Waals surface area (Å²) >= 11 is 0. The Morgan fingerprint density at radius 2 is 1.54 bits per heavy atom. The first-order valence-corrected chi connectivity index (χ1v) is 15.2. The molecule has 1 atom stereocenters. The quantitative estimate of drug-likeness (QED) is 0.245. The van der Waals surface area contributed by atoms with Crippen LogP contribution < -0.4 is 4.74 Å². The molecule has 2 fully saturated rings. The first-order chi connectivity index (χ1) is 19.8. The van der Waals surface area contributed by atoms with E-state index in [0.29, 0.717) is 60.6 Å². The van der Waals surface area contributed by atoms with Crippen LogP contribution in [-0.2, 0) is 9.53 Å². The lowest BCUT2D eigenvalue weighted by Crippen LogP contribution is -2.31. The zero-order chi connectivity index (χ0) is 29.1. The zero-order valence-corrected chi connectivity index (χ0v) is 24.0. The normalized spacial score (nSPS) is 26.8. The van der Waals surface area contributed by atoms with Crippen LogP contribution in [0.15, 0.2) is 30.3 Å². The van der Waals surface area contributed by atoms with Gasteiger partial charge >= 0.3 is 5.97 Å². The van der Waals surface area contributed by atoms with Gasteiger partial charge in [-0.25, -0.2) is 13.2 Å². The maximum Gasteiger partial charge on any atom is 0.309 e. The molecule has 5 rings (SSSR count). The second kappa shape index (κ2) is 13.0. The maximum absolute atomic E-state index is 14.7. The van der Waals surface area contributed by atoms with Gasteiger partial charge in [0.2, 0.25) is 5.82 Å². The van der Waals surface area contributed by atoms with E-state index < -0.39 is 23.3 Å². The van der Waals surface area contributed by atoms with Crippen molar-refractivity contribution in [1.82, 2.24) is 0 Å². The fraction of sp³-hybridized carbons (Fsp3) is 0.559. The number of allylic oxidation sites excluding steroid dienone is 2. The lowest BCUT2D eigenvalue weighted by Gasteiger charge is -2.35. The second-order valence-electron chi connectivity index (χ2n) is 12.1. The summed E-state index contributed by atoms with van der Waals surface area (Å²) in [5.41, 5.74) is 1.91. The predicted octanol–water partition coefficient (Wildman–Crippen LogP) is 9.21. The summed E-state index contributed by atoms with van der Waals surface area (Å²) in [4.78, 5) is 12.9. The fourth-order valence-corrected chi connectivity index (χ4v) is 7.13. The number of benzene rings is 2. The molecule has 2 saturated carbocycles. The van der Waals surface area contributed by atoms with Gasteiger partial charge in [-0.2, -0.15) is 4.39 Å². The van der Waals surface area contributed by atoms with Crippen molar-refractivity contribution >= 4 is 11.5 Å². The van der Waals surface area contributed by atoms with Crippen LogP contribution in [0.3, 0.4) is 0 Å². The predicted molar refractivity (Wildman–Crippen MR) is 150 cm³/mol. The van der Waals surface area contributed by atoms with Crippen molar-refractivity contribution in [2.75, 3.05) is 6.61 Å². The number of hydrogen-bond acceptors (Lipinski definition) is 3. The van der Waals surface area contributed by atoms with Gasteiger partial charge in [-0.15, -0.1) is 0 Å². The number of esters is 1. The summed E-state index contributed by atoms with van der Waals surface area (Å²) < 4.78 is 68.5. The highest BCUT2D eigenvalue weighted by Crippen LogP contribution is 2.43. The average Bonchev–Trinajstić information content (AvgIpc) is 2.99. The van der Waals surface area contributed by atoms with Crippen molar-refractivity contribution in [3.8, 4) is 5.75 Å². The smallest absolute Gasteiger partial charge is 0.309 e. The maximum atomic E-state index is 14.7. The van der Waals surface area contributed by atoms with Crippen LogP contribution >= 0.6 is 0 Å². The number of halogens is 4. The van der Waals surface area contributed by atoms with E-state index in [-0.39, 0.29) is 36.3 Å². The molecular weight excluding hydrogens is 532 g/mol. The molecule has 0 bridgehead atoms. The van der Waals surface area contributed by atoms with E-state index in [1.165, 1.54) is 6.07 Å². The Labute approximate surface area is 240 Å². The molecule has 0 aromatic heterocycles. The first-order valence-electron chi connectivity index (χ1n) is 15.2. The van der Waals surface area contributed by atoms with Crippen LogP contribution in [-0.4, -0.2) is 18.7 Å². The summed E-state index contributed by atoms with van der Waals surface area (Å²) in [5.74, 6) is -2.62. The molecule has 1 unspecified atom stereocenters. The minimum Gasteiger partial charge on any atom is -0.491 e. The van der Waals surface area contributed by atoms with Crippen molar-refractivity contribution in [2.45, 2.75) is 96.5 Å². The molecule has 0 heterocycles. The molecule has 0 spiro atoms. The highest BCUT2D eigenvalue weighted by molar-refractivity contribution is 5.72. The van der Waals surface area contributed by atoms with Crippen LogP contribution in [0.4, 0.5) is 17.6 Å². The van der Waals surface area contributed by atoms with Gasteiger partial charge in [-0.1, -0.05) is 18.2 Å². The highest BCUT2D eigenvalue weighted by atomic mass is 19.2. The lowest BCUT2D eigenvalue weighted by molar-refractivity contribution is -0.157. The van der Waals surface area contributed by atoms with E-state index in [2.05, 4.69) is 6.08 Å². The van der Waals surface area contributed by atoms with Crippen molar-refractivity contribution < 1.29 is 31.8 Å². The van der Waals surface area contributed by atoms with Gasteiger partial charge in [0.1, 0.15) is 6.10 Å². The van der Waals surface area contributed by atoms with Crippen molar-refractivity contribution in [1.29, 1.82) is 0 Å². The number of ether oxygens (including phenoxy) is 2. The Kier molecular flexibility index (Phi) is 9.40. The summed E-state index contributed by atoms with van der Waals surface area (Å²) in [6, 6.07) is 6.42. The first kappa shape index (κ1) is 29.7. The standard InChI is InChI=1S/C34H40F4O3/c1-3-40-29-19-18-28(32(37)33(29)38)23-9-5-21(6-10-23)22-7-11-25(12-8-22)34(39)41-26-15-13-24(14-16-26)27-17-4-20(2)30(35)31(27)36/h4,9,17-19,21-22,24-26H,3,5-8,10-16H2,1-2H3. The van der Waals surface area contributed by atoms with Crippen molar-refractivity contribution in [3.05, 3.63) is 70.3 Å². The van der Waals surface area contributed by atoms with E-state index >= 15 is 0 Å². The molecule has 3 aliphatic rings. The number of carbonyl (C=O) groups excluding carboxylic acids is 1. The minimum absolute atomic E-state index is 0.0505. The molecule has 41 heavy (non-hydrogen) atoms. The van der Waals surface area contributed by atoms with E-state index in [1.807, 2.05) is 0 Å². The average molecular weight is 573 g/mol. The Morgan fingerprint density at radius 3 is 2.20 bits per heavy atom. The molecule has 0 amide bonds. The summed E-state index contributed by atoms with van der Waals surface area (Å²) in [6.07, 6.45) is 10.6. The molecule has 0 aliphatic heterocycles. The van der Waals surface area contributed by atoms with Crippen LogP contribution in [0.25, 0.3) is 5.57 Å². The van der Waals surface area contributed by atoms with E-state index in [4.69, 9.17) is 9.47 Å². The molecule has 2 aromatic carbocycles. The van der Waals surface area contributed by atoms with Crippen molar-refractivity contribution in [2.24, 2.45) is 17.8 Å². The molecule has 0 N–H and O–H groups in total. The highest BCUT2D eigenvalue weighted by Gasteiger charge is 2.34. The van der Waals surface area contributed by atoms with Gasteiger partial charge in [0.25, 0.3) is 0 Å². The van der Waals surface area contributed by atoms with Gasteiger partial charge in [0.15, 0.2) is 23.2 Å².